The summed E-state index contributed by atoms with van der Waals surface area (Å²) in [6.07, 6.45) is 3.16. The molecular weight excluding hydrogens is 298 g/mol. The lowest BCUT2D eigenvalue weighted by atomic mass is 10.1. The first kappa shape index (κ1) is 16.4. The van der Waals surface area contributed by atoms with Crippen LogP contribution in [0, 0.1) is 0 Å². The molecule has 0 amide bonds. The highest BCUT2D eigenvalue weighted by Gasteiger charge is 2.13. The van der Waals surface area contributed by atoms with Gasteiger partial charge in [0.2, 0.25) is 5.95 Å². The Hall–Kier alpha value is -2.96. The number of benzene rings is 1. The van der Waals surface area contributed by atoms with Crippen LogP contribution in [0.2, 0.25) is 0 Å². The van der Waals surface area contributed by atoms with Gasteiger partial charge >= 0.3 is 5.97 Å². The zero-order chi connectivity index (χ0) is 16.7. The largest absolute Gasteiger partial charge is 0.497 e. The number of rotatable bonds is 7. The molecule has 1 aromatic carbocycles. The van der Waals surface area contributed by atoms with Crippen LogP contribution in [0.4, 0.5) is 5.95 Å². The summed E-state index contributed by atoms with van der Waals surface area (Å²) in [6.45, 7) is -0.370. The molecule has 0 N–H and O–H groups in total. The molecule has 0 radical (unpaired) electrons. The predicted octanol–water partition coefficient (Wildman–Crippen LogP) is 1.35. The van der Waals surface area contributed by atoms with Crippen LogP contribution < -0.4 is 9.64 Å². The average molecular weight is 315 g/mol. The standard InChI is InChI=1S/C16H17N3O4/c1-19(16-17-7-4-8-18-16)10-15(21)23-11-14(20)12-5-3-6-13(9-12)22-2/h3-9H,10-11H2,1-2H3. The van der Waals surface area contributed by atoms with E-state index < -0.39 is 5.97 Å². The number of carbonyl (C=O) groups excluding carboxylic acids is 2. The third-order valence-corrected chi connectivity index (χ3v) is 3.02. The molecule has 1 heterocycles. The van der Waals surface area contributed by atoms with Gasteiger partial charge in [-0.05, 0) is 18.2 Å². The second-order valence-electron chi connectivity index (χ2n) is 4.72. The third kappa shape index (κ3) is 4.77. The lowest BCUT2D eigenvalue weighted by Crippen LogP contribution is -2.29. The molecule has 0 unspecified atom stereocenters. The number of methoxy groups -OCH3 is 1. The molecule has 1 aromatic heterocycles. The summed E-state index contributed by atoms with van der Waals surface area (Å²) in [5.74, 6) is 0.152. The quantitative estimate of drug-likeness (QED) is 0.563. The molecule has 0 bridgehead atoms. The number of esters is 1. The zero-order valence-electron chi connectivity index (χ0n) is 12.9. The van der Waals surface area contributed by atoms with Gasteiger partial charge in [-0.2, -0.15) is 0 Å². The second kappa shape index (κ2) is 7.88. The minimum Gasteiger partial charge on any atom is -0.497 e. The van der Waals surface area contributed by atoms with E-state index in [9.17, 15) is 9.59 Å². The number of hydrogen-bond acceptors (Lipinski definition) is 7. The van der Waals surface area contributed by atoms with Crippen LogP contribution in [-0.4, -0.2) is 49.0 Å². The number of anilines is 1. The van der Waals surface area contributed by atoms with E-state index >= 15 is 0 Å². The number of Topliss-reactive ketones (excluding diaryl/α,β-unsaturated/α-hetero) is 1. The van der Waals surface area contributed by atoms with Crippen molar-refractivity contribution in [3.63, 3.8) is 0 Å². The van der Waals surface area contributed by atoms with E-state index in [1.54, 1.807) is 54.7 Å². The fraction of sp³-hybridized carbons (Fsp3) is 0.250. The Kier molecular flexibility index (Phi) is 5.62. The predicted molar refractivity (Wildman–Crippen MR) is 83.6 cm³/mol. The first-order valence-corrected chi connectivity index (χ1v) is 6.91. The van der Waals surface area contributed by atoms with Gasteiger partial charge < -0.3 is 14.4 Å². The first-order chi connectivity index (χ1) is 11.1. The fourth-order valence-corrected chi connectivity index (χ4v) is 1.82. The highest BCUT2D eigenvalue weighted by molar-refractivity contribution is 5.98. The number of aromatic nitrogens is 2. The molecule has 7 nitrogen and oxygen atoms in total. The van der Waals surface area contributed by atoms with E-state index in [0.717, 1.165) is 0 Å². The molecule has 7 heteroatoms. The van der Waals surface area contributed by atoms with E-state index in [4.69, 9.17) is 9.47 Å². The highest BCUT2D eigenvalue weighted by atomic mass is 16.5. The molecule has 0 saturated heterocycles. The van der Waals surface area contributed by atoms with Crippen LogP contribution in [0.1, 0.15) is 10.4 Å². The monoisotopic (exact) mass is 315 g/mol. The number of ether oxygens (including phenoxy) is 2. The first-order valence-electron chi connectivity index (χ1n) is 6.91. The van der Waals surface area contributed by atoms with Crippen LogP contribution in [0.3, 0.4) is 0 Å². The Balaban J connectivity index is 1.85. The van der Waals surface area contributed by atoms with E-state index in [2.05, 4.69) is 9.97 Å². The molecule has 0 fully saturated rings. The number of likely N-dealkylation sites (N-methyl/N-ethyl adjacent to an activating group) is 1. The molecule has 0 saturated carbocycles. The molecule has 120 valence electrons. The Morgan fingerprint density at radius 1 is 1.17 bits per heavy atom. The van der Waals surface area contributed by atoms with Crippen LogP contribution in [-0.2, 0) is 9.53 Å². The van der Waals surface area contributed by atoms with Gasteiger partial charge in [-0.1, -0.05) is 12.1 Å². The lowest BCUT2D eigenvalue weighted by Gasteiger charge is -2.15. The summed E-state index contributed by atoms with van der Waals surface area (Å²) in [6, 6.07) is 8.36. The topological polar surface area (TPSA) is 81.6 Å². The van der Waals surface area contributed by atoms with Crippen molar-refractivity contribution in [3.8, 4) is 5.75 Å². The van der Waals surface area contributed by atoms with Crippen LogP contribution in [0.15, 0.2) is 42.7 Å². The summed E-state index contributed by atoms with van der Waals surface area (Å²) in [5.41, 5.74) is 0.428. The minimum atomic E-state index is -0.531. The normalized spacial score (nSPS) is 10.0. The van der Waals surface area contributed by atoms with E-state index in [0.29, 0.717) is 17.3 Å². The average Bonchev–Trinajstić information content (AvgIpc) is 2.60. The van der Waals surface area contributed by atoms with E-state index in [1.165, 1.54) is 7.11 Å². The molecule has 2 aromatic rings. The fourth-order valence-electron chi connectivity index (χ4n) is 1.82. The van der Waals surface area contributed by atoms with Crippen molar-refractivity contribution in [1.82, 2.24) is 9.97 Å². The summed E-state index contributed by atoms with van der Waals surface area (Å²) < 4.78 is 10.0. The Morgan fingerprint density at radius 2 is 1.91 bits per heavy atom. The molecule has 0 atom stereocenters. The molecule has 0 aliphatic heterocycles. The minimum absolute atomic E-state index is 0.0462. The van der Waals surface area contributed by atoms with Gasteiger partial charge in [0.1, 0.15) is 12.3 Å². The van der Waals surface area contributed by atoms with Gasteiger partial charge in [-0.25, -0.2) is 9.97 Å². The highest BCUT2D eigenvalue weighted by Crippen LogP contribution is 2.13. The SMILES string of the molecule is COc1cccc(C(=O)COC(=O)CN(C)c2ncccn2)c1. The van der Waals surface area contributed by atoms with E-state index in [-0.39, 0.29) is 18.9 Å². The Bertz CT molecular complexity index is 676. The number of carbonyl (C=O) groups is 2. The number of hydrogen-bond donors (Lipinski definition) is 0. The van der Waals surface area contributed by atoms with Crippen LogP contribution in [0.25, 0.3) is 0 Å². The van der Waals surface area contributed by atoms with Crippen molar-refractivity contribution in [2.75, 3.05) is 32.2 Å². The van der Waals surface area contributed by atoms with Crippen molar-refractivity contribution >= 4 is 17.7 Å². The van der Waals surface area contributed by atoms with Gasteiger partial charge in [0.15, 0.2) is 12.4 Å². The van der Waals surface area contributed by atoms with Crippen LogP contribution >= 0.6 is 0 Å². The van der Waals surface area contributed by atoms with Gasteiger partial charge in [0.25, 0.3) is 0 Å². The Morgan fingerprint density at radius 3 is 2.61 bits per heavy atom. The summed E-state index contributed by atoms with van der Waals surface area (Å²) in [4.78, 5) is 33.4. The van der Waals surface area contributed by atoms with Gasteiger partial charge in [0, 0.05) is 25.0 Å². The summed E-state index contributed by atoms with van der Waals surface area (Å²) in [5, 5.41) is 0. The maximum Gasteiger partial charge on any atom is 0.326 e. The smallest absolute Gasteiger partial charge is 0.326 e. The van der Waals surface area contributed by atoms with Gasteiger partial charge in [-0.3, -0.25) is 9.59 Å². The maximum absolute atomic E-state index is 12.0. The molecule has 23 heavy (non-hydrogen) atoms. The van der Waals surface area contributed by atoms with E-state index in [1.807, 2.05) is 0 Å². The van der Waals surface area contributed by atoms with Gasteiger partial charge in [0.05, 0.1) is 7.11 Å². The van der Waals surface area contributed by atoms with Crippen LogP contribution in [0.5, 0.6) is 5.75 Å². The van der Waals surface area contributed by atoms with Crippen molar-refractivity contribution in [2.24, 2.45) is 0 Å². The molecular formula is C16H17N3O4. The van der Waals surface area contributed by atoms with Crippen molar-refractivity contribution in [1.29, 1.82) is 0 Å². The summed E-state index contributed by atoms with van der Waals surface area (Å²) in [7, 11) is 3.19. The number of ketones is 1. The lowest BCUT2D eigenvalue weighted by molar-refractivity contribution is -0.140. The molecule has 0 spiro atoms. The number of nitrogens with zero attached hydrogens (tertiary/aromatic N) is 3. The maximum atomic E-state index is 12.0. The van der Waals surface area contributed by atoms with Crippen molar-refractivity contribution in [3.05, 3.63) is 48.3 Å². The summed E-state index contributed by atoms with van der Waals surface area (Å²) >= 11 is 0. The van der Waals surface area contributed by atoms with Crippen molar-refractivity contribution < 1.29 is 19.1 Å². The molecule has 0 aliphatic carbocycles. The second-order valence-corrected chi connectivity index (χ2v) is 4.72. The third-order valence-electron chi connectivity index (χ3n) is 3.02. The molecule has 2 rings (SSSR count). The zero-order valence-corrected chi connectivity index (χ0v) is 12.9. The van der Waals surface area contributed by atoms with Crippen molar-refractivity contribution in [2.45, 2.75) is 0 Å². The molecule has 0 aliphatic rings. The van der Waals surface area contributed by atoms with Gasteiger partial charge in [-0.15, -0.1) is 0 Å². The Labute approximate surface area is 133 Å².